The summed E-state index contributed by atoms with van der Waals surface area (Å²) < 4.78 is 0. The highest BCUT2D eigenvalue weighted by molar-refractivity contribution is 5.85. The lowest BCUT2D eigenvalue weighted by molar-refractivity contribution is -0.143. The first-order valence-corrected chi connectivity index (χ1v) is 3.64. The standard InChI is InChI=1S/C4H5N.C4H6O4.ClH/c1-2-4-5-3-1;5-3(6)1-2-4(7)8;/h1-5H;1-2H2,(H,5,6)(H,7,8);1H. The monoisotopic (exact) mass is 221 g/mol. The van der Waals surface area contributed by atoms with E-state index in [0.29, 0.717) is 0 Å². The van der Waals surface area contributed by atoms with Crippen molar-refractivity contribution in [1.82, 2.24) is 4.98 Å². The van der Waals surface area contributed by atoms with Gasteiger partial charge in [0.05, 0.1) is 12.8 Å². The number of hydrogen-bond acceptors (Lipinski definition) is 2. The molecule has 0 aliphatic heterocycles. The van der Waals surface area contributed by atoms with Gasteiger partial charge in [-0.1, -0.05) is 0 Å². The molecular formula is C8H12ClNO4. The third-order valence-electron chi connectivity index (χ3n) is 1.05. The van der Waals surface area contributed by atoms with E-state index in [0.717, 1.165) is 0 Å². The Morgan fingerprint density at radius 3 is 1.50 bits per heavy atom. The Bertz CT molecular complexity index is 217. The number of H-pyrrole nitrogens is 1. The zero-order valence-electron chi connectivity index (χ0n) is 7.34. The van der Waals surface area contributed by atoms with Crippen molar-refractivity contribution in [3.05, 3.63) is 24.5 Å². The van der Waals surface area contributed by atoms with Crippen LogP contribution in [0.25, 0.3) is 0 Å². The average molecular weight is 222 g/mol. The summed E-state index contributed by atoms with van der Waals surface area (Å²) in [6.45, 7) is 0. The lowest BCUT2D eigenvalue weighted by Crippen LogP contribution is -2.00. The first-order chi connectivity index (χ1) is 6.13. The summed E-state index contributed by atoms with van der Waals surface area (Å²) in [5.74, 6) is -2.15. The van der Waals surface area contributed by atoms with E-state index in [4.69, 9.17) is 10.2 Å². The smallest absolute Gasteiger partial charge is 0.303 e. The molecule has 3 N–H and O–H groups in total. The Morgan fingerprint density at radius 1 is 1.00 bits per heavy atom. The Labute approximate surface area is 87.2 Å². The van der Waals surface area contributed by atoms with Gasteiger partial charge >= 0.3 is 11.9 Å². The lowest BCUT2D eigenvalue weighted by atomic mass is 10.3. The fraction of sp³-hybridized carbons (Fsp3) is 0.250. The number of carboxylic acids is 2. The molecule has 0 saturated carbocycles. The van der Waals surface area contributed by atoms with Crippen LogP contribution >= 0.6 is 12.4 Å². The first kappa shape index (κ1) is 15.0. The highest BCUT2D eigenvalue weighted by atomic mass is 35.5. The van der Waals surface area contributed by atoms with Crippen LogP contribution < -0.4 is 0 Å². The summed E-state index contributed by atoms with van der Waals surface area (Å²) in [6.07, 6.45) is 3.16. The summed E-state index contributed by atoms with van der Waals surface area (Å²) in [4.78, 5) is 22.1. The second-order valence-electron chi connectivity index (χ2n) is 2.17. The number of aromatic nitrogens is 1. The van der Waals surface area contributed by atoms with Crippen molar-refractivity contribution in [3.63, 3.8) is 0 Å². The molecule has 0 amide bonds. The number of aromatic amines is 1. The van der Waals surface area contributed by atoms with Crippen molar-refractivity contribution in [1.29, 1.82) is 0 Å². The van der Waals surface area contributed by atoms with E-state index < -0.39 is 11.9 Å². The second kappa shape index (κ2) is 9.60. The third-order valence-corrected chi connectivity index (χ3v) is 1.05. The molecule has 1 aromatic rings. The molecule has 14 heavy (non-hydrogen) atoms. The van der Waals surface area contributed by atoms with Crippen molar-refractivity contribution in [2.45, 2.75) is 12.8 Å². The molecule has 0 atom stereocenters. The fourth-order valence-corrected chi connectivity index (χ4v) is 0.492. The summed E-state index contributed by atoms with van der Waals surface area (Å²) >= 11 is 0. The molecule has 1 heterocycles. The number of aliphatic carboxylic acids is 2. The number of rotatable bonds is 3. The molecule has 0 spiro atoms. The van der Waals surface area contributed by atoms with Crippen LogP contribution in [0.5, 0.6) is 0 Å². The maximum atomic E-state index is 9.64. The van der Waals surface area contributed by atoms with Gasteiger partial charge in [0.2, 0.25) is 0 Å². The second-order valence-corrected chi connectivity index (χ2v) is 2.17. The van der Waals surface area contributed by atoms with Crippen molar-refractivity contribution < 1.29 is 19.8 Å². The predicted octanol–water partition coefficient (Wildman–Crippen LogP) is 1.37. The van der Waals surface area contributed by atoms with Crippen LogP contribution in [0, 0.1) is 0 Å². The minimum Gasteiger partial charge on any atom is -0.481 e. The van der Waals surface area contributed by atoms with Gasteiger partial charge in [0.1, 0.15) is 0 Å². The van der Waals surface area contributed by atoms with Gasteiger partial charge in [-0.05, 0) is 12.1 Å². The van der Waals surface area contributed by atoms with E-state index in [1.165, 1.54) is 0 Å². The molecular weight excluding hydrogens is 210 g/mol. The van der Waals surface area contributed by atoms with Gasteiger partial charge in [-0.15, -0.1) is 12.4 Å². The predicted molar refractivity (Wildman–Crippen MR) is 52.5 cm³/mol. The zero-order chi connectivity index (χ0) is 10.1. The van der Waals surface area contributed by atoms with E-state index >= 15 is 0 Å². The molecule has 6 heteroatoms. The molecule has 0 aromatic carbocycles. The van der Waals surface area contributed by atoms with Gasteiger partial charge in [0, 0.05) is 12.4 Å². The van der Waals surface area contributed by atoms with Crippen LogP contribution in [0.2, 0.25) is 0 Å². The average Bonchev–Trinajstić information content (AvgIpc) is 2.57. The molecule has 5 nitrogen and oxygen atoms in total. The maximum absolute atomic E-state index is 9.64. The SMILES string of the molecule is Cl.O=C(O)CCC(=O)O.c1cc[nH]c1. The van der Waals surface area contributed by atoms with Crippen LogP contribution in [0.1, 0.15) is 12.8 Å². The topological polar surface area (TPSA) is 90.4 Å². The van der Waals surface area contributed by atoms with E-state index in [-0.39, 0.29) is 25.2 Å². The van der Waals surface area contributed by atoms with E-state index in [1.807, 2.05) is 24.5 Å². The normalized spacial score (nSPS) is 7.71. The van der Waals surface area contributed by atoms with Gasteiger partial charge in [0.15, 0.2) is 0 Å². The minimum absolute atomic E-state index is 0. The number of hydrogen-bond donors (Lipinski definition) is 3. The third kappa shape index (κ3) is 13.1. The Balaban J connectivity index is 0. The van der Waals surface area contributed by atoms with Gasteiger partial charge < -0.3 is 15.2 Å². The van der Waals surface area contributed by atoms with E-state index in [2.05, 4.69) is 4.98 Å². The first-order valence-electron chi connectivity index (χ1n) is 3.64. The highest BCUT2D eigenvalue weighted by Crippen LogP contribution is 1.86. The van der Waals surface area contributed by atoms with Gasteiger partial charge in [-0.3, -0.25) is 9.59 Å². The molecule has 80 valence electrons. The Kier molecular flexibility index (Phi) is 10.3. The summed E-state index contributed by atoms with van der Waals surface area (Å²) in [5, 5.41) is 15.8. The largest absolute Gasteiger partial charge is 0.481 e. The number of carbonyl (C=O) groups is 2. The zero-order valence-corrected chi connectivity index (χ0v) is 8.16. The Morgan fingerprint density at radius 2 is 1.36 bits per heavy atom. The van der Waals surface area contributed by atoms with Crippen molar-refractivity contribution >= 4 is 24.3 Å². The van der Waals surface area contributed by atoms with Crippen LogP contribution in [-0.4, -0.2) is 27.1 Å². The van der Waals surface area contributed by atoms with Gasteiger partial charge in [0.25, 0.3) is 0 Å². The highest BCUT2D eigenvalue weighted by Gasteiger charge is 2.00. The van der Waals surface area contributed by atoms with Crippen LogP contribution in [0.15, 0.2) is 24.5 Å². The molecule has 0 fully saturated rings. The quantitative estimate of drug-likeness (QED) is 0.719. The molecule has 0 aliphatic carbocycles. The van der Waals surface area contributed by atoms with Crippen LogP contribution in [-0.2, 0) is 9.59 Å². The summed E-state index contributed by atoms with van der Waals surface area (Å²) in [6, 6.07) is 3.89. The number of nitrogens with one attached hydrogen (secondary N) is 1. The molecule has 1 aromatic heterocycles. The summed E-state index contributed by atoms with van der Waals surface area (Å²) in [7, 11) is 0. The van der Waals surface area contributed by atoms with E-state index in [1.54, 1.807) is 0 Å². The maximum Gasteiger partial charge on any atom is 0.303 e. The summed E-state index contributed by atoms with van der Waals surface area (Å²) in [5.41, 5.74) is 0. The Hall–Kier alpha value is -1.49. The minimum atomic E-state index is -1.08. The molecule has 0 unspecified atom stereocenters. The lowest BCUT2D eigenvalue weighted by Gasteiger charge is -1.85. The van der Waals surface area contributed by atoms with Crippen molar-refractivity contribution in [2.75, 3.05) is 0 Å². The molecule has 0 saturated heterocycles. The van der Waals surface area contributed by atoms with Gasteiger partial charge in [-0.25, -0.2) is 0 Å². The molecule has 0 bridgehead atoms. The fourth-order valence-electron chi connectivity index (χ4n) is 0.492. The number of halogens is 1. The van der Waals surface area contributed by atoms with Crippen molar-refractivity contribution in [2.24, 2.45) is 0 Å². The number of carboxylic acid groups (broad SMARTS) is 2. The van der Waals surface area contributed by atoms with E-state index in [9.17, 15) is 9.59 Å². The molecule has 0 aliphatic rings. The van der Waals surface area contributed by atoms with Gasteiger partial charge in [-0.2, -0.15) is 0 Å². The molecule has 0 radical (unpaired) electrons. The van der Waals surface area contributed by atoms with Crippen LogP contribution in [0.4, 0.5) is 0 Å². The van der Waals surface area contributed by atoms with Crippen molar-refractivity contribution in [3.8, 4) is 0 Å². The van der Waals surface area contributed by atoms with Crippen LogP contribution in [0.3, 0.4) is 0 Å². The molecule has 1 rings (SSSR count).